The zero-order chi connectivity index (χ0) is 35.1. The van der Waals surface area contributed by atoms with Gasteiger partial charge in [0.1, 0.15) is 17.0 Å². The first-order valence-corrected chi connectivity index (χ1v) is 17.8. The van der Waals surface area contributed by atoms with Crippen LogP contribution in [0.2, 0.25) is 5.02 Å². The van der Waals surface area contributed by atoms with E-state index >= 15 is 8.78 Å². The fraction of sp³-hybridized carbons (Fsp3) is 0.382. The second-order valence-corrected chi connectivity index (χ2v) is 15.3. The van der Waals surface area contributed by atoms with Gasteiger partial charge in [-0.05, 0) is 83.0 Å². The normalized spacial score (nSPS) is 17.4. The number of aromatic nitrogens is 3. The molecule has 2 saturated heterocycles. The van der Waals surface area contributed by atoms with E-state index in [4.69, 9.17) is 16.3 Å². The average molecular weight is 714 g/mol. The summed E-state index contributed by atoms with van der Waals surface area (Å²) in [6, 6.07) is 10.6. The highest BCUT2D eigenvalue weighted by atomic mass is 35.5. The topological polar surface area (TPSA) is 113 Å². The molecule has 1 atom stereocenters. The van der Waals surface area contributed by atoms with Crippen LogP contribution in [0.5, 0.6) is 0 Å². The summed E-state index contributed by atoms with van der Waals surface area (Å²) in [4.78, 5) is 20.4. The summed E-state index contributed by atoms with van der Waals surface area (Å²) in [5.74, 6) is -1.42. The summed E-state index contributed by atoms with van der Waals surface area (Å²) in [6.45, 7) is 9.42. The maximum absolute atomic E-state index is 16.2. The molecule has 6 rings (SSSR count). The molecule has 0 unspecified atom stereocenters. The number of carbonyl (C=O) groups excluding carboxylic acids is 1. The summed E-state index contributed by atoms with van der Waals surface area (Å²) in [6.07, 6.45) is 5.67. The molecule has 1 amide bonds. The Morgan fingerprint density at radius 3 is 2.37 bits per heavy atom. The van der Waals surface area contributed by atoms with E-state index in [2.05, 4.69) is 14.8 Å². The first kappa shape index (κ1) is 34.6. The van der Waals surface area contributed by atoms with E-state index in [1.165, 1.54) is 33.4 Å². The minimum Gasteiger partial charge on any atom is -0.444 e. The van der Waals surface area contributed by atoms with Crippen molar-refractivity contribution < 1.29 is 26.7 Å². The van der Waals surface area contributed by atoms with E-state index in [9.17, 15) is 13.2 Å². The number of halogens is 3. The van der Waals surface area contributed by atoms with Gasteiger partial charge in [0, 0.05) is 84.8 Å². The van der Waals surface area contributed by atoms with Gasteiger partial charge in [0.05, 0.1) is 5.69 Å². The van der Waals surface area contributed by atoms with Crippen LogP contribution < -0.4 is 9.62 Å². The van der Waals surface area contributed by atoms with Gasteiger partial charge < -0.3 is 14.5 Å². The van der Waals surface area contributed by atoms with E-state index in [0.29, 0.717) is 49.7 Å². The minimum absolute atomic E-state index is 0.0154. The zero-order valence-electron chi connectivity index (χ0n) is 27.7. The molecule has 2 aromatic carbocycles. The Hall–Kier alpha value is -4.27. The number of rotatable bonds is 7. The molecule has 0 spiro atoms. The van der Waals surface area contributed by atoms with Crippen molar-refractivity contribution >= 4 is 39.3 Å². The number of anilines is 2. The second kappa shape index (κ2) is 13.6. The zero-order valence-corrected chi connectivity index (χ0v) is 29.2. The van der Waals surface area contributed by atoms with Crippen LogP contribution in [0, 0.1) is 11.6 Å². The number of piperazine rings is 1. The van der Waals surface area contributed by atoms with Crippen LogP contribution in [0.4, 0.5) is 25.0 Å². The molecule has 15 heteroatoms. The lowest BCUT2D eigenvalue weighted by Crippen LogP contribution is -2.54. The van der Waals surface area contributed by atoms with Gasteiger partial charge in [-0.3, -0.25) is 9.71 Å². The number of nitrogens with zero attached hydrogens (tertiary/aromatic N) is 6. The van der Waals surface area contributed by atoms with Gasteiger partial charge in [0.2, 0.25) is 0 Å². The van der Waals surface area contributed by atoms with Crippen LogP contribution in [0.25, 0.3) is 28.1 Å². The second-order valence-electron chi connectivity index (χ2n) is 13.2. The Bertz CT molecular complexity index is 1960. The number of nitrogens with one attached hydrogen (secondary N) is 1. The van der Waals surface area contributed by atoms with Crippen molar-refractivity contribution in [1.29, 1.82) is 0 Å². The predicted molar refractivity (Wildman–Crippen MR) is 185 cm³/mol. The van der Waals surface area contributed by atoms with Crippen molar-refractivity contribution in [3.05, 3.63) is 77.7 Å². The van der Waals surface area contributed by atoms with Crippen molar-refractivity contribution in [2.45, 2.75) is 52.2 Å². The van der Waals surface area contributed by atoms with Crippen LogP contribution in [0.15, 0.2) is 61.1 Å². The Kier molecular flexibility index (Phi) is 9.57. The molecule has 0 radical (unpaired) electrons. The van der Waals surface area contributed by atoms with Crippen molar-refractivity contribution in [3.63, 3.8) is 0 Å². The molecule has 11 nitrogen and oxygen atoms in total. The molecule has 49 heavy (non-hydrogen) atoms. The summed E-state index contributed by atoms with van der Waals surface area (Å²) < 4.78 is 68.6. The van der Waals surface area contributed by atoms with Crippen LogP contribution in [-0.4, -0.2) is 82.8 Å². The summed E-state index contributed by atoms with van der Waals surface area (Å²) in [7, 11) is -4.01. The molecule has 4 aromatic rings. The fourth-order valence-electron chi connectivity index (χ4n) is 6.10. The Morgan fingerprint density at radius 1 is 1.00 bits per heavy atom. The molecule has 0 bridgehead atoms. The minimum atomic E-state index is -4.01. The number of carbonyl (C=O) groups is 1. The lowest BCUT2D eigenvalue weighted by Gasteiger charge is -2.41. The highest BCUT2D eigenvalue weighted by Gasteiger charge is 2.31. The number of hydrogen-bond acceptors (Lipinski definition) is 7. The van der Waals surface area contributed by atoms with E-state index in [0.717, 1.165) is 12.8 Å². The van der Waals surface area contributed by atoms with Gasteiger partial charge in [-0.15, -0.1) is 0 Å². The molecule has 0 saturated carbocycles. The number of amides is 1. The number of benzene rings is 2. The van der Waals surface area contributed by atoms with E-state index in [1.54, 1.807) is 41.6 Å². The van der Waals surface area contributed by atoms with Crippen LogP contribution in [0.1, 0.15) is 40.5 Å². The van der Waals surface area contributed by atoms with Gasteiger partial charge in [-0.2, -0.15) is 17.8 Å². The van der Waals surface area contributed by atoms with Crippen molar-refractivity contribution in [1.82, 2.24) is 24.0 Å². The average Bonchev–Trinajstić information content (AvgIpc) is 3.74. The SMILES string of the molecule is C[C@@H]1CN(C(=O)OC(C)(C)C)CCN1c1ccc(-n2cc(-c3cc(Cl)cc(NS(=O)(=O)N4CCCC4)c3F)c(-c3ccncc3)n2)c(F)c1. The number of ether oxygens (including phenoxy) is 1. The summed E-state index contributed by atoms with van der Waals surface area (Å²) >= 11 is 6.42. The van der Waals surface area contributed by atoms with Gasteiger partial charge in [-0.25, -0.2) is 18.3 Å². The maximum Gasteiger partial charge on any atom is 0.410 e. The quantitative estimate of drug-likeness (QED) is 0.226. The number of pyridine rings is 1. The Morgan fingerprint density at radius 2 is 1.71 bits per heavy atom. The summed E-state index contributed by atoms with van der Waals surface area (Å²) in [5.41, 5.74) is 0.980. The Labute approximate surface area is 289 Å². The molecule has 0 aliphatic carbocycles. The fourth-order valence-corrected chi connectivity index (χ4v) is 7.62. The van der Waals surface area contributed by atoms with E-state index in [1.807, 2.05) is 32.6 Å². The number of hydrogen-bond donors (Lipinski definition) is 1. The van der Waals surface area contributed by atoms with Crippen LogP contribution >= 0.6 is 11.6 Å². The molecule has 2 aliphatic rings. The molecular formula is C34H38ClF2N7O4S. The van der Waals surface area contributed by atoms with Crippen LogP contribution in [-0.2, 0) is 14.9 Å². The van der Waals surface area contributed by atoms with Gasteiger partial charge in [0.15, 0.2) is 11.6 Å². The lowest BCUT2D eigenvalue weighted by molar-refractivity contribution is 0.0218. The lowest BCUT2D eigenvalue weighted by atomic mass is 10.0. The molecule has 260 valence electrons. The van der Waals surface area contributed by atoms with E-state index in [-0.39, 0.29) is 39.7 Å². The first-order valence-electron chi connectivity index (χ1n) is 16.0. The molecule has 2 aliphatic heterocycles. The standard InChI is InChI=1S/C34H38ClF2N7O4S/c1-22-20-41(33(45)48-34(2,3)4)15-16-43(22)25-7-8-30(28(36)19-25)44-21-27(32(39-44)23-9-11-38-12-10-23)26-17-24(35)18-29(31(26)37)40-49(46,47)42-13-5-6-14-42/h7-12,17-19,21-22,40H,5-6,13-16,20H2,1-4H3/t22-/m1/s1. The third kappa shape index (κ3) is 7.51. The predicted octanol–water partition coefficient (Wildman–Crippen LogP) is 6.73. The van der Waals surface area contributed by atoms with Crippen molar-refractivity contribution in [2.75, 3.05) is 42.3 Å². The summed E-state index contributed by atoms with van der Waals surface area (Å²) in [5, 5.41) is 4.76. The van der Waals surface area contributed by atoms with Gasteiger partial charge >= 0.3 is 16.3 Å². The molecule has 1 N–H and O–H groups in total. The third-order valence-corrected chi connectivity index (χ3v) is 10.2. The largest absolute Gasteiger partial charge is 0.444 e. The highest BCUT2D eigenvalue weighted by Crippen LogP contribution is 2.38. The monoisotopic (exact) mass is 713 g/mol. The highest BCUT2D eigenvalue weighted by molar-refractivity contribution is 7.90. The van der Waals surface area contributed by atoms with Crippen LogP contribution in [0.3, 0.4) is 0 Å². The molecule has 4 heterocycles. The smallest absolute Gasteiger partial charge is 0.410 e. The van der Waals surface area contributed by atoms with E-state index < -0.39 is 27.4 Å². The molecule has 2 fully saturated rings. The van der Waals surface area contributed by atoms with Gasteiger partial charge in [-0.1, -0.05) is 11.6 Å². The van der Waals surface area contributed by atoms with Crippen molar-refractivity contribution in [2.24, 2.45) is 0 Å². The molecule has 2 aromatic heterocycles. The maximum atomic E-state index is 16.2. The van der Waals surface area contributed by atoms with Gasteiger partial charge in [0.25, 0.3) is 0 Å². The molecular weight excluding hydrogens is 676 g/mol. The first-order chi connectivity index (χ1) is 23.2. The third-order valence-electron chi connectivity index (χ3n) is 8.43. The Balaban J connectivity index is 1.32. The van der Waals surface area contributed by atoms with Crippen molar-refractivity contribution in [3.8, 4) is 28.1 Å².